The highest BCUT2D eigenvalue weighted by Gasteiger charge is 2.30. The molecule has 1 atom stereocenters. The monoisotopic (exact) mass is 262 g/mol. The second-order valence-electron chi connectivity index (χ2n) is 5.70. The van der Waals surface area contributed by atoms with Crippen molar-refractivity contribution in [1.29, 1.82) is 0 Å². The van der Waals surface area contributed by atoms with Crippen molar-refractivity contribution in [2.45, 2.75) is 19.8 Å². The zero-order valence-electron chi connectivity index (χ0n) is 11.4. The molecule has 1 fully saturated rings. The lowest BCUT2D eigenvalue weighted by Gasteiger charge is -2.38. The molecule has 1 amide bonds. The third-order valence-electron chi connectivity index (χ3n) is 3.67. The van der Waals surface area contributed by atoms with E-state index in [0.29, 0.717) is 6.54 Å². The third kappa shape index (κ3) is 4.04. The van der Waals surface area contributed by atoms with Gasteiger partial charge in [0.15, 0.2) is 0 Å². The van der Waals surface area contributed by atoms with E-state index in [1.54, 1.807) is 0 Å². The Kier molecular flexibility index (Phi) is 4.56. The van der Waals surface area contributed by atoms with Gasteiger partial charge in [-0.15, -0.1) is 0 Å². The summed E-state index contributed by atoms with van der Waals surface area (Å²) >= 11 is 0. The molecule has 1 unspecified atom stereocenters. The lowest BCUT2D eigenvalue weighted by Crippen LogP contribution is -2.46. The van der Waals surface area contributed by atoms with Crippen molar-refractivity contribution in [3.8, 4) is 0 Å². The molecular formula is C15H22N2O2. The van der Waals surface area contributed by atoms with Crippen LogP contribution in [0.15, 0.2) is 30.3 Å². The number of rotatable bonds is 4. The van der Waals surface area contributed by atoms with Gasteiger partial charge in [0.2, 0.25) is 5.91 Å². The summed E-state index contributed by atoms with van der Waals surface area (Å²) in [7, 11) is 0. The van der Waals surface area contributed by atoms with Crippen LogP contribution in [0.2, 0.25) is 0 Å². The van der Waals surface area contributed by atoms with E-state index in [1.165, 1.54) is 0 Å². The Morgan fingerprint density at radius 3 is 2.84 bits per heavy atom. The number of hydrogen-bond acceptors (Lipinski definition) is 3. The van der Waals surface area contributed by atoms with Crippen LogP contribution in [0.4, 0.5) is 5.69 Å². The van der Waals surface area contributed by atoms with Gasteiger partial charge in [-0.25, -0.2) is 0 Å². The predicted molar refractivity (Wildman–Crippen MR) is 75.9 cm³/mol. The van der Waals surface area contributed by atoms with E-state index in [0.717, 1.165) is 31.6 Å². The van der Waals surface area contributed by atoms with Crippen LogP contribution in [0.1, 0.15) is 19.8 Å². The van der Waals surface area contributed by atoms with Crippen molar-refractivity contribution < 1.29 is 9.90 Å². The molecule has 2 N–H and O–H groups in total. The molecule has 0 saturated carbocycles. The molecule has 1 aliphatic heterocycles. The third-order valence-corrected chi connectivity index (χ3v) is 3.67. The number of aliphatic hydroxyl groups excluding tert-OH is 1. The average molecular weight is 262 g/mol. The number of anilines is 1. The number of carbonyl (C=O) groups excluding carboxylic acids is 1. The highest BCUT2D eigenvalue weighted by atomic mass is 16.3. The van der Waals surface area contributed by atoms with Crippen LogP contribution in [0.3, 0.4) is 0 Å². The van der Waals surface area contributed by atoms with Crippen LogP contribution in [-0.2, 0) is 4.79 Å². The van der Waals surface area contributed by atoms with Gasteiger partial charge < -0.3 is 10.4 Å². The molecule has 1 aromatic carbocycles. The SMILES string of the molecule is CC1(CO)CCCN(CC(=O)Nc2ccccc2)C1. The molecular weight excluding hydrogens is 240 g/mol. The summed E-state index contributed by atoms with van der Waals surface area (Å²) in [5.41, 5.74) is 0.764. The maximum absolute atomic E-state index is 12.0. The van der Waals surface area contributed by atoms with E-state index < -0.39 is 0 Å². The molecule has 0 aliphatic carbocycles. The van der Waals surface area contributed by atoms with Gasteiger partial charge in [0, 0.05) is 24.3 Å². The van der Waals surface area contributed by atoms with Crippen molar-refractivity contribution >= 4 is 11.6 Å². The zero-order chi connectivity index (χ0) is 13.7. The van der Waals surface area contributed by atoms with Gasteiger partial charge in [-0.1, -0.05) is 25.1 Å². The number of aliphatic hydroxyl groups is 1. The summed E-state index contributed by atoms with van der Waals surface area (Å²) in [5, 5.41) is 12.3. The van der Waals surface area contributed by atoms with Gasteiger partial charge in [0.1, 0.15) is 0 Å². The summed E-state index contributed by atoms with van der Waals surface area (Å²) in [4.78, 5) is 14.1. The maximum Gasteiger partial charge on any atom is 0.238 e. The highest BCUT2D eigenvalue weighted by molar-refractivity contribution is 5.92. The molecule has 0 radical (unpaired) electrons. The van der Waals surface area contributed by atoms with E-state index in [-0.39, 0.29) is 17.9 Å². The molecule has 1 heterocycles. The van der Waals surface area contributed by atoms with Crippen molar-refractivity contribution in [3.63, 3.8) is 0 Å². The fraction of sp³-hybridized carbons (Fsp3) is 0.533. The Balaban J connectivity index is 1.85. The zero-order valence-corrected chi connectivity index (χ0v) is 11.4. The quantitative estimate of drug-likeness (QED) is 0.868. The minimum absolute atomic E-state index is 0.00777. The molecule has 0 aromatic heterocycles. The smallest absolute Gasteiger partial charge is 0.238 e. The Morgan fingerprint density at radius 1 is 1.42 bits per heavy atom. The minimum Gasteiger partial charge on any atom is -0.396 e. The van der Waals surface area contributed by atoms with Crippen LogP contribution in [0, 0.1) is 5.41 Å². The maximum atomic E-state index is 12.0. The molecule has 0 bridgehead atoms. The first-order chi connectivity index (χ1) is 9.11. The summed E-state index contributed by atoms with van der Waals surface area (Å²) in [5.74, 6) is 0.00777. The minimum atomic E-state index is -0.0642. The van der Waals surface area contributed by atoms with Gasteiger partial charge in [-0.3, -0.25) is 9.69 Å². The van der Waals surface area contributed by atoms with Crippen LogP contribution in [-0.4, -0.2) is 42.2 Å². The van der Waals surface area contributed by atoms with Crippen molar-refractivity contribution in [2.24, 2.45) is 5.41 Å². The molecule has 4 nitrogen and oxygen atoms in total. The van der Waals surface area contributed by atoms with Gasteiger partial charge in [0.05, 0.1) is 6.54 Å². The summed E-state index contributed by atoms with van der Waals surface area (Å²) in [6.07, 6.45) is 2.07. The first kappa shape index (κ1) is 14.0. The molecule has 104 valence electrons. The topological polar surface area (TPSA) is 52.6 Å². The molecule has 1 aliphatic rings. The molecule has 0 spiro atoms. The molecule has 19 heavy (non-hydrogen) atoms. The molecule has 1 aromatic rings. The second-order valence-corrected chi connectivity index (χ2v) is 5.70. The Bertz CT molecular complexity index is 421. The number of carbonyl (C=O) groups is 1. The normalized spacial score (nSPS) is 24.1. The van der Waals surface area contributed by atoms with E-state index >= 15 is 0 Å². The first-order valence-corrected chi connectivity index (χ1v) is 6.79. The van der Waals surface area contributed by atoms with Gasteiger partial charge >= 0.3 is 0 Å². The van der Waals surface area contributed by atoms with Crippen molar-refractivity contribution in [1.82, 2.24) is 4.90 Å². The van der Waals surface area contributed by atoms with E-state index in [2.05, 4.69) is 17.1 Å². The van der Waals surface area contributed by atoms with Crippen LogP contribution >= 0.6 is 0 Å². The fourth-order valence-electron chi connectivity index (χ4n) is 2.62. The predicted octanol–water partition coefficient (Wildman–Crippen LogP) is 1.72. The van der Waals surface area contributed by atoms with Crippen LogP contribution in [0.25, 0.3) is 0 Å². The number of hydrogen-bond donors (Lipinski definition) is 2. The van der Waals surface area contributed by atoms with Gasteiger partial charge in [-0.05, 0) is 31.5 Å². The highest BCUT2D eigenvalue weighted by Crippen LogP contribution is 2.28. The number of amides is 1. The lowest BCUT2D eigenvalue weighted by atomic mass is 9.83. The number of nitrogens with one attached hydrogen (secondary N) is 1. The lowest BCUT2D eigenvalue weighted by molar-refractivity contribution is -0.118. The largest absolute Gasteiger partial charge is 0.396 e. The molecule has 4 heteroatoms. The van der Waals surface area contributed by atoms with Crippen molar-refractivity contribution in [3.05, 3.63) is 30.3 Å². The van der Waals surface area contributed by atoms with Crippen molar-refractivity contribution in [2.75, 3.05) is 31.6 Å². The number of likely N-dealkylation sites (tertiary alicyclic amines) is 1. The Hall–Kier alpha value is -1.39. The average Bonchev–Trinajstić information content (AvgIpc) is 2.40. The van der Waals surface area contributed by atoms with Gasteiger partial charge in [-0.2, -0.15) is 0 Å². The number of piperidine rings is 1. The first-order valence-electron chi connectivity index (χ1n) is 6.79. The van der Waals surface area contributed by atoms with E-state index in [4.69, 9.17) is 0 Å². The van der Waals surface area contributed by atoms with E-state index in [1.807, 2.05) is 30.3 Å². The Labute approximate surface area is 114 Å². The number of nitrogens with zero attached hydrogens (tertiary/aromatic N) is 1. The van der Waals surface area contributed by atoms with Crippen LogP contribution < -0.4 is 5.32 Å². The Morgan fingerprint density at radius 2 is 2.16 bits per heavy atom. The second kappa shape index (κ2) is 6.17. The molecule has 2 rings (SSSR count). The summed E-state index contributed by atoms with van der Waals surface area (Å²) < 4.78 is 0. The number of para-hydroxylation sites is 1. The number of benzene rings is 1. The standard InChI is InChI=1S/C15H22N2O2/c1-15(12-18)8-5-9-17(11-15)10-14(19)16-13-6-3-2-4-7-13/h2-4,6-7,18H,5,8-12H2,1H3,(H,16,19). The summed E-state index contributed by atoms with van der Waals surface area (Å²) in [6.45, 7) is 4.37. The fourth-order valence-corrected chi connectivity index (χ4v) is 2.62. The van der Waals surface area contributed by atoms with E-state index in [9.17, 15) is 9.90 Å². The summed E-state index contributed by atoms with van der Waals surface area (Å²) in [6, 6.07) is 9.49. The van der Waals surface area contributed by atoms with Gasteiger partial charge in [0.25, 0.3) is 0 Å². The van der Waals surface area contributed by atoms with Crippen LogP contribution in [0.5, 0.6) is 0 Å². The molecule has 1 saturated heterocycles.